The van der Waals surface area contributed by atoms with Crippen molar-refractivity contribution in [2.45, 2.75) is 51.1 Å². The summed E-state index contributed by atoms with van der Waals surface area (Å²) < 4.78 is 7.21. The first kappa shape index (κ1) is 15.1. The monoisotopic (exact) mass is 300 g/mol. The van der Waals surface area contributed by atoms with Crippen LogP contribution in [0.15, 0.2) is 6.20 Å². The second-order valence-corrected chi connectivity index (χ2v) is 6.31. The summed E-state index contributed by atoms with van der Waals surface area (Å²) in [4.78, 5) is 13.8. The molecule has 0 radical (unpaired) electrons. The van der Waals surface area contributed by atoms with Gasteiger partial charge in [0.25, 0.3) is 0 Å². The van der Waals surface area contributed by atoms with Crippen molar-refractivity contribution in [3.05, 3.63) is 11.9 Å². The molecule has 0 N–H and O–H groups in total. The molecule has 1 aliphatic rings. The lowest BCUT2D eigenvalue weighted by Crippen LogP contribution is -2.43. The first-order chi connectivity index (χ1) is 9.39. The Hall–Kier alpha value is -1.30. The molecule has 1 saturated heterocycles. The first-order valence-corrected chi connectivity index (χ1v) is 7.37. The van der Waals surface area contributed by atoms with Crippen molar-refractivity contribution in [2.75, 3.05) is 13.1 Å². The van der Waals surface area contributed by atoms with Crippen LogP contribution in [0.1, 0.15) is 45.3 Å². The summed E-state index contributed by atoms with van der Waals surface area (Å²) in [6.45, 7) is 6.94. The van der Waals surface area contributed by atoms with E-state index >= 15 is 0 Å². The Morgan fingerprint density at radius 2 is 2.30 bits per heavy atom. The van der Waals surface area contributed by atoms with Crippen LogP contribution in [-0.4, -0.2) is 44.7 Å². The Morgan fingerprint density at radius 1 is 1.55 bits per heavy atom. The zero-order valence-corrected chi connectivity index (χ0v) is 12.9. The van der Waals surface area contributed by atoms with Gasteiger partial charge >= 0.3 is 6.09 Å². The fourth-order valence-electron chi connectivity index (χ4n) is 2.22. The third kappa shape index (κ3) is 3.85. The van der Waals surface area contributed by atoms with Crippen molar-refractivity contribution in [1.29, 1.82) is 0 Å². The van der Waals surface area contributed by atoms with Crippen LogP contribution in [0.25, 0.3) is 0 Å². The minimum Gasteiger partial charge on any atom is -0.444 e. The van der Waals surface area contributed by atoms with Crippen LogP contribution in [-0.2, 0) is 10.6 Å². The molecular formula is C13H21ClN4O2. The van der Waals surface area contributed by atoms with Crippen LogP contribution in [0.4, 0.5) is 4.79 Å². The SMILES string of the molecule is CC(C)(C)OC(=O)N1CCC[C@@H](n2cc(CCl)nn2)C1. The first-order valence-electron chi connectivity index (χ1n) is 6.83. The second-order valence-electron chi connectivity index (χ2n) is 6.05. The van der Waals surface area contributed by atoms with E-state index in [1.54, 1.807) is 9.58 Å². The number of amides is 1. The average molecular weight is 301 g/mol. The number of ether oxygens (including phenoxy) is 1. The summed E-state index contributed by atoms with van der Waals surface area (Å²) in [5, 5.41) is 8.07. The van der Waals surface area contributed by atoms with Gasteiger partial charge in [0.1, 0.15) is 5.60 Å². The molecule has 7 heteroatoms. The fourth-order valence-corrected chi connectivity index (χ4v) is 2.34. The number of hydrogen-bond acceptors (Lipinski definition) is 4. The highest BCUT2D eigenvalue weighted by molar-refractivity contribution is 6.16. The Morgan fingerprint density at radius 3 is 2.90 bits per heavy atom. The summed E-state index contributed by atoms with van der Waals surface area (Å²) in [6, 6.07) is 0.140. The number of aromatic nitrogens is 3. The van der Waals surface area contributed by atoms with Crippen molar-refractivity contribution in [3.8, 4) is 0 Å². The zero-order valence-electron chi connectivity index (χ0n) is 12.2. The van der Waals surface area contributed by atoms with Crippen molar-refractivity contribution < 1.29 is 9.53 Å². The van der Waals surface area contributed by atoms with Crippen LogP contribution >= 0.6 is 11.6 Å². The molecule has 0 unspecified atom stereocenters. The molecule has 2 rings (SSSR count). The molecule has 1 aliphatic heterocycles. The van der Waals surface area contributed by atoms with Gasteiger partial charge in [0, 0.05) is 13.1 Å². The molecule has 1 fully saturated rings. The minimum absolute atomic E-state index is 0.140. The van der Waals surface area contributed by atoms with E-state index in [1.807, 2.05) is 27.0 Å². The maximum absolute atomic E-state index is 12.1. The van der Waals surface area contributed by atoms with E-state index in [4.69, 9.17) is 16.3 Å². The number of nitrogens with zero attached hydrogens (tertiary/aromatic N) is 4. The van der Waals surface area contributed by atoms with E-state index in [-0.39, 0.29) is 12.1 Å². The summed E-state index contributed by atoms with van der Waals surface area (Å²) in [5.74, 6) is 0.350. The highest BCUT2D eigenvalue weighted by atomic mass is 35.5. The number of carbonyl (C=O) groups is 1. The van der Waals surface area contributed by atoms with E-state index < -0.39 is 5.60 Å². The molecule has 6 nitrogen and oxygen atoms in total. The zero-order chi connectivity index (χ0) is 14.8. The van der Waals surface area contributed by atoms with Crippen LogP contribution in [0.3, 0.4) is 0 Å². The van der Waals surface area contributed by atoms with Gasteiger partial charge in [-0.2, -0.15) is 0 Å². The number of likely N-dealkylation sites (tertiary alicyclic amines) is 1. The molecule has 1 amide bonds. The third-order valence-electron chi connectivity index (χ3n) is 3.12. The number of rotatable bonds is 2. The smallest absolute Gasteiger partial charge is 0.410 e. The van der Waals surface area contributed by atoms with Crippen molar-refractivity contribution >= 4 is 17.7 Å². The molecule has 1 aromatic rings. The molecule has 2 heterocycles. The van der Waals surface area contributed by atoms with Gasteiger partial charge in [-0.25, -0.2) is 9.48 Å². The van der Waals surface area contributed by atoms with E-state index in [1.165, 1.54) is 0 Å². The van der Waals surface area contributed by atoms with Crippen molar-refractivity contribution in [2.24, 2.45) is 0 Å². The molecule has 0 saturated carbocycles. The molecule has 20 heavy (non-hydrogen) atoms. The molecule has 0 bridgehead atoms. The van der Waals surface area contributed by atoms with Crippen LogP contribution < -0.4 is 0 Å². The Bertz CT molecular complexity index is 469. The lowest BCUT2D eigenvalue weighted by Gasteiger charge is -2.33. The number of carbonyl (C=O) groups excluding carboxylic acids is 1. The maximum Gasteiger partial charge on any atom is 0.410 e. The van der Waals surface area contributed by atoms with Gasteiger partial charge in [0.2, 0.25) is 0 Å². The van der Waals surface area contributed by atoms with Gasteiger partial charge in [0.05, 0.1) is 23.8 Å². The van der Waals surface area contributed by atoms with E-state index in [0.29, 0.717) is 12.4 Å². The molecule has 112 valence electrons. The second kappa shape index (κ2) is 5.99. The molecular weight excluding hydrogens is 280 g/mol. The number of hydrogen-bond donors (Lipinski definition) is 0. The summed E-state index contributed by atoms with van der Waals surface area (Å²) >= 11 is 5.73. The standard InChI is InChI=1S/C13H21ClN4O2/c1-13(2,3)20-12(19)17-6-4-5-11(9-17)18-8-10(7-14)15-16-18/h8,11H,4-7,9H2,1-3H3/t11-/m1/s1. The number of halogens is 1. The fraction of sp³-hybridized carbons (Fsp3) is 0.769. The molecule has 0 aromatic carbocycles. The topological polar surface area (TPSA) is 60.2 Å². The van der Waals surface area contributed by atoms with Gasteiger partial charge in [-0.05, 0) is 33.6 Å². The Kier molecular flexibility index (Phi) is 4.52. The maximum atomic E-state index is 12.1. The lowest BCUT2D eigenvalue weighted by atomic mass is 10.1. The van der Waals surface area contributed by atoms with Crippen LogP contribution in [0.2, 0.25) is 0 Å². The van der Waals surface area contributed by atoms with Gasteiger partial charge in [-0.15, -0.1) is 16.7 Å². The van der Waals surface area contributed by atoms with Gasteiger partial charge in [-0.1, -0.05) is 5.21 Å². The minimum atomic E-state index is -0.469. The lowest BCUT2D eigenvalue weighted by molar-refractivity contribution is 0.0166. The molecule has 1 aromatic heterocycles. The average Bonchev–Trinajstić information content (AvgIpc) is 2.85. The highest BCUT2D eigenvalue weighted by Gasteiger charge is 2.28. The Labute approximate surface area is 124 Å². The largest absolute Gasteiger partial charge is 0.444 e. The molecule has 0 spiro atoms. The predicted octanol–water partition coefficient (Wildman–Crippen LogP) is 2.59. The van der Waals surface area contributed by atoms with Gasteiger partial charge < -0.3 is 9.64 Å². The van der Waals surface area contributed by atoms with E-state index in [0.717, 1.165) is 25.1 Å². The van der Waals surface area contributed by atoms with Crippen molar-refractivity contribution in [1.82, 2.24) is 19.9 Å². The number of alkyl halides is 1. The van der Waals surface area contributed by atoms with E-state index in [9.17, 15) is 4.79 Å². The summed E-state index contributed by atoms with van der Waals surface area (Å²) in [7, 11) is 0. The third-order valence-corrected chi connectivity index (χ3v) is 3.39. The predicted molar refractivity (Wildman–Crippen MR) is 75.7 cm³/mol. The van der Waals surface area contributed by atoms with Gasteiger partial charge in [-0.3, -0.25) is 0 Å². The molecule has 1 atom stereocenters. The summed E-state index contributed by atoms with van der Waals surface area (Å²) in [5.41, 5.74) is 0.282. The number of piperidine rings is 1. The quantitative estimate of drug-likeness (QED) is 0.788. The Balaban J connectivity index is 1.99. The normalized spacial score (nSPS) is 20.0. The van der Waals surface area contributed by atoms with Crippen molar-refractivity contribution in [3.63, 3.8) is 0 Å². The van der Waals surface area contributed by atoms with Crippen LogP contribution in [0.5, 0.6) is 0 Å². The summed E-state index contributed by atoms with van der Waals surface area (Å²) in [6.07, 6.45) is 3.49. The van der Waals surface area contributed by atoms with Gasteiger partial charge in [0.15, 0.2) is 0 Å². The highest BCUT2D eigenvalue weighted by Crippen LogP contribution is 2.22. The van der Waals surface area contributed by atoms with Crippen LogP contribution in [0, 0.1) is 0 Å². The van der Waals surface area contributed by atoms with E-state index in [2.05, 4.69) is 10.3 Å². The molecule has 0 aliphatic carbocycles.